The van der Waals surface area contributed by atoms with Crippen molar-refractivity contribution in [1.82, 2.24) is 10.2 Å². The van der Waals surface area contributed by atoms with Crippen LogP contribution in [-0.4, -0.2) is 38.1 Å². The average Bonchev–Trinajstić information content (AvgIpc) is 2.10. The van der Waals surface area contributed by atoms with Gasteiger partial charge in [-0.2, -0.15) is 0 Å². The maximum absolute atomic E-state index is 3.91. The number of nitrogens with one attached hydrogen (secondary N) is 1. The Bertz CT molecular complexity index is 143. The minimum Gasteiger partial charge on any atom is -0.320 e. The molecule has 0 aliphatic rings. The molecule has 0 bridgehead atoms. The Balaban J connectivity index is 3.56. The highest BCUT2D eigenvalue weighted by molar-refractivity contribution is 4.88. The summed E-state index contributed by atoms with van der Waals surface area (Å²) in [6.07, 6.45) is 2.32. The van der Waals surface area contributed by atoms with Crippen molar-refractivity contribution in [2.24, 2.45) is 0 Å². The van der Waals surface area contributed by atoms with E-state index < -0.39 is 0 Å². The Morgan fingerprint density at radius 2 is 2.15 bits per heavy atom. The first kappa shape index (κ1) is 12.7. The largest absolute Gasteiger partial charge is 0.320 e. The monoisotopic (exact) mass is 184 g/mol. The fourth-order valence-electron chi connectivity index (χ4n) is 1.16. The molecule has 0 saturated carbocycles. The molecule has 0 heterocycles. The Hall–Kier alpha value is -0.340. The predicted molar refractivity (Wildman–Crippen MR) is 60.1 cm³/mol. The minimum atomic E-state index is 0.659. The molecule has 0 saturated heterocycles. The van der Waals surface area contributed by atoms with Crippen molar-refractivity contribution in [3.63, 3.8) is 0 Å². The molecule has 0 rings (SSSR count). The Labute approximate surface area is 83.0 Å². The summed E-state index contributed by atoms with van der Waals surface area (Å²) < 4.78 is 0. The molecule has 0 spiro atoms. The summed E-state index contributed by atoms with van der Waals surface area (Å²) in [6, 6.07) is 0.659. The SMILES string of the molecule is C=C(C)CCN(C)C(C)CCNC. The van der Waals surface area contributed by atoms with E-state index in [1.54, 1.807) is 0 Å². The van der Waals surface area contributed by atoms with E-state index in [2.05, 4.69) is 37.7 Å². The lowest BCUT2D eigenvalue weighted by molar-refractivity contribution is 0.248. The second-order valence-electron chi connectivity index (χ2n) is 3.93. The normalized spacial score (nSPS) is 13.3. The van der Waals surface area contributed by atoms with Gasteiger partial charge in [0.2, 0.25) is 0 Å². The fraction of sp³-hybridized carbons (Fsp3) is 0.818. The van der Waals surface area contributed by atoms with E-state index in [1.165, 1.54) is 12.0 Å². The topological polar surface area (TPSA) is 15.3 Å². The Kier molecular flexibility index (Phi) is 6.92. The van der Waals surface area contributed by atoms with Gasteiger partial charge in [-0.1, -0.05) is 5.57 Å². The van der Waals surface area contributed by atoms with Crippen LogP contribution in [0.2, 0.25) is 0 Å². The van der Waals surface area contributed by atoms with E-state index in [0.29, 0.717) is 6.04 Å². The number of rotatable bonds is 7. The first-order valence-corrected chi connectivity index (χ1v) is 5.07. The first-order valence-electron chi connectivity index (χ1n) is 5.07. The molecular formula is C11H24N2. The second-order valence-corrected chi connectivity index (χ2v) is 3.93. The van der Waals surface area contributed by atoms with Gasteiger partial charge in [-0.3, -0.25) is 0 Å². The van der Waals surface area contributed by atoms with Gasteiger partial charge in [-0.25, -0.2) is 0 Å². The highest BCUT2D eigenvalue weighted by atomic mass is 15.1. The van der Waals surface area contributed by atoms with Crippen LogP contribution in [-0.2, 0) is 0 Å². The van der Waals surface area contributed by atoms with E-state index in [1.807, 2.05) is 7.05 Å². The highest BCUT2D eigenvalue weighted by Gasteiger charge is 2.07. The van der Waals surface area contributed by atoms with Gasteiger partial charge in [0.25, 0.3) is 0 Å². The van der Waals surface area contributed by atoms with Crippen molar-refractivity contribution >= 4 is 0 Å². The lowest BCUT2D eigenvalue weighted by atomic mass is 10.2. The molecular weight excluding hydrogens is 160 g/mol. The molecule has 1 N–H and O–H groups in total. The molecule has 0 aromatic heterocycles. The second kappa shape index (κ2) is 7.10. The molecule has 0 aliphatic carbocycles. The van der Waals surface area contributed by atoms with Crippen LogP contribution in [0.15, 0.2) is 12.2 Å². The summed E-state index contributed by atoms with van der Waals surface area (Å²) in [4.78, 5) is 2.39. The van der Waals surface area contributed by atoms with Gasteiger partial charge in [0.05, 0.1) is 0 Å². The molecule has 0 radical (unpaired) electrons. The summed E-state index contributed by atoms with van der Waals surface area (Å²) >= 11 is 0. The summed E-state index contributed by atoms with van der Waals surface area (Å²) in [7, 11) is 4.18. The Morgan fingerprint density at radius 1 is 1.54 bits per heavy atom. The van der Waals surface area contributed by atoms with Gasteiger partial charge in [0.1, 0.15) is 0 Å². The van der Waals surface area contributed by atoms with E-state index in [-0.39, 0.29) is 0 Å². The molecule has 78 valence electrons. The predicted octanol–water partition coefficient (Wildman–Crippen LogP) is 1.88. The molecule has 1 atom stereocenters. The standard InChI is InChI=1S/C11H24N2/c1-10(2)7-9-13(5)11(3)6-8-12-4/h11-12H,1,6-9H2,2-5H3. The molecule has 0 fully saturated rings. The van der Waals surface area contributed by atoms with Crippen molar-refractivity contribution in [2.75, 3.05) is 27.2 Å². The summed E-state index contributed by atoms with van der Waals surface area (Å²) in [5.74, 6) is 0. The molecule has 0 amide bonds. The zero-order valence-corrected chi connectivity index (χ0v) is 9.56. The van der Waals surface area contributed by atoms with Gasteiger partial charge in [-0.05, 0) is 47.3 Å². The quantitative estimate of drug-likeness (QED) is 0.608. The van der Waals surface area contributed by atoms with Crippen LogP contribution >= 0.6 is 0 Å². The molecule has 0 aromatic rings. The van der Waals surface area contributed by atoms with E-state index in [0.717, 1.165) is 19.5 Å². The molecule has 2 nitrogen and oxygen atoms in total. The Morgan fingerprint density at radius 3 is 2.62 bits per heavy atom. The molecule has 0 aliphatic heterocycles. The van der Waals surface area contributed by atoms with E-state index in [9.17, 15) is 0 Å². The van der Waals surface area contributed by atoms with Gasteiger partial charge in [0, 0.05) is 12.6 Å². The zero-order chi connectivity index (χ0) is 10.3. The third-order valence-electron chi connectivity index (χ3n) is 2.46. The van der Waals surface area contributed by atoms with Crippen LogP contribution in [0.5, 0.6) is 0 Å². The molecule has 2 heteroatoms. The summed E-state index contributed by atoms with van der Waals surface area (Å²) in [5.41, 5.74) is 1.27. The van der Waals surface area contributed by atoms with Crippen molar-refractivity contribution in [1.29, 1.82) is 0 Å². The van der Waals surface area contributed by atoms with Crippen LogP contribution in [0.1, 0.15) is 26.7 Å². The molecule has 0 aromatic carbocycles. The van der Waals surface area contributed by atoms with Crippen molar-refractivity contribution in [3.05, 3.63) is 12.2 Å². The molecule has 1 unspecified atom stereocenters. The first-order chi connectivity index (χ1) is 6.07. The van der Waals surface area contributed by atoms with Crippen molar-refractivity contribution < 1.29 is 0 Å². The van der Waals surface area contributed by atoms with Crippen LogP contribution in [0.3, 0.4) is 0 Å². The number of hydrogen-bond acceptors (Lipinski definition) is 2. The highest BCUT2D eigenvalue weighted by Crippen LogP contribution is 2.04. The van der Waals surface area contributed by atoms with Gasteiger partial charge >= 0.3 is 0 Å². The van der Waals surface area contributed by atoms with E-state index in [4.69, 9.17) is 0 Å². The van der Waals surface area contributed by atoms with Crippen LogP contribution in [0.4, 0.5) is 0 Å². The van der Waals surface area contributed by atoms with Gasteiger partial charge in [-0.15, -0.1) is 6.58 Å². The van der Waals surface area contributed by atoms with E-state index >= 15 is 0 Å². The van der Waals surface area contributed by atoms with Crippen LogP contribution < -0.4 is 5.32 Å². The third kappa shape index (κ3) is 6.79. The van der Waals surface area contributed by atoms with Crippen LogP contribution in [0, 0.1) is 0 Å². The van der Waals surface area contributed by atoms with Crippen molar-refractivity contribution in [2.45, 2.75) is 32.7 Å². The smallest absolute Gasteiger partial charge is 0.00760 e. The lowest BCUT2D eigenvalue weighted by Crippen LogP contribution is -2.32. The van der Waals surface area contributed by atoms with Gasteiger partial charge < -0.3 is 10.2 Å². The fourth-order valence-corrected chi connectivity index (χ4v) is 1.16. The minimum absolute atomic E-state index is 0.659. The lowest BCUT2D eigenvalue weighted by Gasteiger charge is -2.24. The number of nitrogens with zero attached hydrogens (tertiary/aromatic N) is 1. The van der Waals surface area contributed by atoms with Crippen LogP contribution in [0.25, 0.3) is 0 Å². The average molecular weight is 184 g/mol. The molecule has 13 heavy (non-hydrogen) atoms. The summed E-state index contributed by atoms with van der Waals surface area (Å²) in [6.45, 7) is 10.5. The maximum atomic E-state index is 3.91. The number of hydrogen-bond donors (Lipinski definition) is 1. The zero-order valence-electron chi connectivity index (χ0n) is 9.56. The van der Waals surface area contributed by atoms with Crippen molar-refractivity contribution in [3.8, 4) is 0 Å². The van der Waals surface area contributed by atoms with Gasteiger partial charge in [0.15, 0.2) is 0 Å². The maximum Gasteiger partial charge on any atom is 0.00760 e. The summed E-state index contributed by atoms with van der Waals surface area (Å²) in [5, 5.41) is 3.17. The third-order valence-corrected chi connectivity index (χ3v) is 2.46.